The van der Waals surface area contributed by atoms with Gasteiger partial charge in [0.1, 0.15) is 30.3 Å². The highest BCUT2D eigenvalue weighted by Crippen LogP contribution is 2.35. The number of aliphatic hydroxyl groups is 3. The number of aromatic nitrogens is 3. The molecule has 1 fully saturated rings. The monoisotopic (exact) mass is 351 g/mol. The van der Waals surface area contributed by atoms with Gasteiger partial charge in [-0.25, -0.2) is 14.4 Å². The van der Waals surface area contributed by atoms with E-state index in [0.717, 1.165) is 11.8 Å². The van der Waals surface area contributed by atoms with Gasteiger partial charge in [0.05, 0.1) is 17.7 Å². The topological polar surface area (TPSA) is 101 Å². The van der Waals surface area contributed by atoms with Crippen molar-refractivity contribution in [3.63, 3.8) is 0 Å². The van der Waals surface area contributed by atoms with Gasteiger partial charge in [-0.15, -0.1) is 0 Å². The normalized spacial score (nSPS) is 27.2. The quantitative estimate of drug-likeness (QED) is 0.649. The van der Waals surface area contributed by atoms with Crippen LogP contribution in [0, 0.1) is 5.82 Å². The summed E-state index contributed by atoms with van der Waals surface area (Å²) in [5, 5.41) is 33.2. The summed E-state index contributed by atoms with van der Waals surface area (Å²) in [6.45, 7) is -0.453. The Kier molecular flexibility index (Phi) is 3.82. The van der Waals surface area contributed by atoms with E-state index in [0.29, 0.717) is 5.69 Å². The van der Waals surface area contributed by atoms with Crippen LogP contribution in [0.15, 0.2) is 29.4 Å². The van der Waals surface area contributed by atoms with E-state index >= 15 is 0 Å². The van der Waals surface area contributed by atoms with Gasteiger partial charge in [-0.05, 0) is 11.4 Å². The molecule has 0 amide bonds. The van der Waals surface area contributed by atoms with Gasteiger partial charge in [-0.2, -0.15) is 11.3 Å². The van der Waals surface area contributed by atoms with Crippen LogP contribution in [0.4, 0.5) is 4.39 Å². The zero-order chi connectivity index (χ0) is 16.8. The fraction of sp³-hybridized carbons (Fsp3) is 0.333. The summed E-state index contributed by atoms with van der Waals surface area (Å²) in [6.07, 6.45) is -2.09. The van der Waals surface area contributed by atoms with Crippen LogP contribution in [-0.4, -0.2) is 54.8 Å². The van der Waals surface area contributed by atoms with Crippen LogP contribution in [0.25, 0.3) is 22.3 Å². The predicted molar refractivity (Wildman–Crippen MR) is 83.8 cm³/mol. The lowest BCUT2D eigenvalue weighted by molar-refractivity contribution is -0.0510. The predicted octanol–water partition coefficient (Wildman–Crippen LogP) is 0.910. The van der Waals surface area contributed by atoms with Crippen LogP contribution < -0.4 is 0 Å². The third-order valence-electron chi connectivity index (χ3n) is 4.15. The number of nitrogens with zero attached hydrogens (tertiary/aromatic N) is 3. The summed E-state index contributed by atoms with van der Waals surface area (Å²) in [7, 11) is 0. The van der Waals surface area contributed by atoms with Crippen molar-refractivity contribution in [1.29, 1.82) is 0 Å². The summed E-state index contributed by atoms with van der Waals surface area (Å²) < 4.78 is 21.4. The van der Waals surface area contributed by atoms with Gasteiger partial charge in [0, 0.05) is 17.1 Å². The first kappa shape index (κ1) is 15.6. The molecule has 1 aliphatic rings. The zero-order valence-corrected chi connectivity index (χ0v) is 13.1. The molecule has 126 valence electrons. The van der Waals surface area contributed by atoms with Crippen molar-refractivity contribution in [1.82, 2.24) is 14.5 Å². The average Bonchev–Trinajstić information content (AvgIpc) is 3.29. The van der Waals surface area contributed by atoms with Crippen molar-refractivity contribution in [2.45, 2.75) is 24.5 Å². The number of rotatable bonds is 3. The molecule has 1 saturated heterocycles. The molecule has 4 heterocycles. The Hall–Kier alpha value is -1.91. The van der Waals surface area contributed by atoms with Gasteiger partial charge in [0.2, 0.25) is 0 Å². The molecule has 0 unspecified atom stereocenters. The summed E-state index contributed by atoms with van der Waals surface area (Å²) in [4.78, 5) is 8.27. The molecule has 0 aromatic carbocycles. The molecular weight excluding hydrogens is 337 g/mol. The largest absolute Gasteiger partial charge is 0.394 e. The van der Waals surface area contributed by atoms with Crippen LogP contribution in [-0.2, 0) is 4.74 Å². The summed E-state index contributed by atoms with van der Waals surface area (Å²) in [5.74, 6) is -0.551. The zero-order valence-electron chi connectivity index (χ0n) is 12.3. The standard InChI is InChI=1S/C15H14FN3O4S/c16-8-3-19(15-13(22)12(21)9(4-20)23-15)14-10(8)11(17-6-18-14)7-1-2-24-5-7/h1-3,5-6,9,12-13,15,20-22H,4H2/t9-,12-,13-,15-/m1/s1. The summed E-state index contributed by atoms with van der Waals surface area (Å²) in [6, 6.07) is 1.83. The molecule has 24 heavy (non-hydrogen) atoms. The third-order valence-corrected chi connectivity index (χ3v) is 4.83. The summed E-state index contributed by atoms with van der Waals surface area (Å²) in [5.41, 5.74) is 1.47. The molecule has 3 aromatic heterocycles. The number of aliphatic hydroxyl groups excluding tert-OH is 3. The molecule has 9 heteroatoms. The van der Waals surface area contributed by atoms with Crippen LogP contribution in [0.2, 0.25) is 0 Å². The minimum Gasteiger partial charge on any atom is -0.394 e. The van der Waals surface area contributed by atoms with Gasteiger partial charge in [0.25, 0.3) is 0 Å². The fourth-order valence-corrected chi connectivity index (χ4v) is 3.60. The molecular formula is C15H14FN3O4S. The van der Waals surface area contributed by atoms with E-state index in [2.05, 4.69) is 9.97 Å². The van der Waals surface area contributed by atoms with E-state index in [1.807, 2.05) is 16.8 Å². The van der Waals surface area contributed by atoms with Crippen molar-refractivity contribution in [3.05, 3.63) is 35.2 Å². The highest BCUT2D eigenvalue weighted by molar-refractivity contribution is 7.08. The van der Waals surface area contributed by atoms with Crippen molar-refractivity contribution >= 4 is 22.4 Å². The van der Waals surface area contributed by atoms with Crippen LogP contribution in [0.3, 0.4) is 0 Å². The smallest absolute Gasteiger partial charge is 0.164 e. The Morgan fingerprint density at radius 2 is 2.12 bits per heavy atom. The van der Waals surface area contributed by atoms with E-state index in [-0.39, 0.29) is 11.0 Å². The van der Waals surface area contributed by atoms with E-state index in [1.54, 1.807) is 0 Å². The fourth-order valence-electron chi connectivity index (χ4n) is 2.96. The summed E-state index contributed by atoms with van der Waals surface area (Å²) >= 11 is 1.47. The Morgan fingerprint density at radius 3 is 2.79 bits per heavy atom. The Bertz CT molecular complexity index is 869. The second-order valence-electron chi connectivity index (χ2n) is 5.55. The molecule has 1 aliphatic heterocycles. The Morgan fingerprint density at radius 1 is 1.29 bits per heavy atom. The highest BCUT2D eigenvalue weighted by atomic mass is 32.1. The molecule has 3 aromatic rings. The molecule has 0 radical (unpaired) electrons. The number of hydrogen-bond donors (Lipinski definition) is 3. The van der Waals surface area contributed by atoms with Crippen LogP contribution in [0.5, 0.6) is 0 Å². The molecule has 0 aliphatic carbocycles. The second kappa shape index (κ2) is 5.87. The van der Waals surface area contributed by atoms with Crippen molar-refractivity contribution in [3.8, 4) is 11.3 Å². The lowest BCUT2D eigenvalue weighted by atomic mass is 10.1. The first-order chi connectivity index (χ1) is 11.6. The molecule has 0 bridgehead atoms. The second-order valence-corrected chi connectivity index (χ2v) is 6.33. The minimum absolute atomic E-state index is 0.216. The Balaban J connectivity index is 1.86. The molecule has 7 nitrogen and oxygen atoms in total. The number of ether oxygens (including phenoxy) is 1. The maximum Gasteiger partial charge on any atom is 0.164 e. The maximum absolute atomic E-state index is 14.6. The van der Waals surface area contributed by atoms with Gasteiger partial charge in [-0.3, -0.25) is 0 Å². The Labute approximate surface area is 139 Å². The highest BCUT2D eigenvalue weighted by Gasteiger charge is 2.44. The van der Waals surface area contributed by atoms with Gasteiger partial charge in [-0.1, -0.05) is 0 Å². The van der Waals surface area contributed by atoms with Crippen molar-refractivity contribution in [2.24, 2.45) is 0 Å². The lowest BCUT2D eigenvalue weighted by Crippen LogP contribution is -2.33. The molecule has 0 saturated carbocycles. The van der Waals surface area contributed by atoms with Gasteiger partial charge < -0.3 is 24.6 Å². The first-order valence-electron chi connectivity index (χ1n) is 7.28. The third kappa shape index (κ3) is 2.25. The molecule has 4 rings (SSSR count). The maximum atomic E-state index is 14.6. The van der Waals surface area contributed by atoms with Crippen LogP contribution in [0.1, 0.15) is 6.23 Å². The SMILES string of the molecule is OC[C@H]1O[C@@H](n2cc(F)c3c(-c4ccsc4)ncnc32)[C@H](O)[C@@H]1O. The van der Waals surface area contributed by atoms with Crippen molar-refractivity contribution < 1.29 is 24.4 Å². The van der Waals surface area contributed by atoms with E-state index in [9.17, 15) is 19.7 Å². The van der Waals surface area contributed by atoms with Gasteiger partial charge in [0.15, 0.2) is 12.0 Å². The first-order valence-corrected chi connectivity index (χ1v) is 8.22. The van der Waals surface area contributed by atoms with Gasteiger partial charge >= 0.3 is 0 Å². The number of thiophene rings is 1. The lowest BCUT2D eigenvalue weighted by Gasteiger charge is -2.17. The number of fused-ring (bicyclic) bond motifs is 1. The van der Waals surface area contributed by atoms with E-state index in [1.165, 1.54) is 22.2 Å². The number of hydrogen-bond acceptors (Lipinski definition) is 7. The minimum atomic E-state index is -1.31. The molecule has 4 atom stereocenters. The number of halogens is 1. The van der Waals surface area contributed by atoms with E-state index < -0.39 is 37.0 Å². The van der Waals surface area contributed by atoms with E-state index in [4.69, 9.17) is 4.74 Å². The van der Waals surface area contributed by atoms with Crippen LogP contribution >= 0.6 is 11.3 Å². The molecule has 3 N–H and O–H groups in total. The van der Waals surface area contributed by atoms with Crippen molar-refractivity contribution in [2.75, 3.05) is 6.61 Å². The molecule has 0 spiro atoms. The average molecular weight is 351 g/mol.